The number of unbranched alkanes of at least 4 members (excludes halogenated alkanes) is 1. The van der Waals surface area contributed by atoms with Crippen molar-refractivity contribution in [2.24, 2.45) is 5.92 Å². The number of rotatable bonds is 8. The molecule has 0 aliphatic heterocycles. The number of aryl methyl sites for hydroxylation is 1. The molecule has 1 saturated carbocycles. The van der Waals surface area contributed by atoms with E-state index in [2.05, 4.69) is 32.1 Å². The zero-order valence-corrected chi connectivity index (χ0v) is 16.6. The van der Waals surface area contributed by atoms with E-state index >= 15 is 0 Å². The van der Waals surface area contributed by atoms with E-state index in [1.54, 1.807) is 6.08 Å². The first-order chi connectivity index (χ1) is 13.7. The van der Waals surface area contributed by atoms with Gasteiger partial charge >= 0.3 is 0 Å². The Hall–Kier alpha value is -2.74. The Kier molecular flexibility index (Phi) is 6.76. The van der Waals surface area contributed by atoms with E-state index in [4.69, 9.17) is 0 Å². The summed E-state index contributed by atoms with van der Waals surface area (Å²) in [5, 5.41) is 0. The second kappa shape index (κ2) is 9.45. The van der Waals surface area contributed by atoms with Crippen molar-refractivity contribution >= 4 is 11.9 Å². The van der Waals surface area contributed by atoms with Crippen LogP contribution in [0.3, 0.4) is 0 Å². The van der Waals surface area contributed by atoms with E-state index in [0.717, 1.165) is 47.0 Å². The lowest BCUT2D eigenvalue weighted by atomic mass is 9.85. The summed E-state index contributed by atoms with van der Waals surface area (Å²) >= 11 is 0. The van der Waals surface area contributed by atoms with Crippen molar-refractivity contribution in [3.63, 3.8) is 0 Å². The lowest BCUT2D eigenvalue weighted by Gasteiger charge is -2.19. The van der Waals surface area contributed by atoms with Crippen LogP contribution in [0.5, 0.6) is 0 Å². The summed E-state index contributed by atoms with van der Waals surface area (Å²) in [6.07, 6.45) is 11.1. The smallest absolute Gasteiger partial charge is 0.142 e. The van der Waals surface area contributed by atoms with Gasteiger partial charge in [0.15, 0.2) is 0 Å². The molecule has 144 valence electrons. The third-order valence-electron chi connectivity index (χ3n) is 5.14. The molecule has 0 unspecified atom stereocenters. The molecule has 2 aromatic rings. The van der Waals surface area contributed by atoms with Crippen molar-refractivity contribution < 1.29 is 9.18 Å². The van der Waals surface area contributed by atoms with Crippen LogP contribution in [-0.2, 0) is 4.79 Å². The van der Waals surface area contributed by atoms with Crippen molar-refractivity contribution in [2.75, 3.05) is 0 Å². The van der Waals surface area contributed by atoms with Crippen LogP contribution < -0.4 is 0 Å². The van der Waals surface area contributed by atoms with Gasteiger partial charge in [-0.1, -0.05) is 61.9 Å². The highest BCUT2D eigenvalue weighted by atomic mass is 19.1. The fourth-order valence-electron chi connectivity index (χ4n) is 3.58. The number of allylic oxidation sites excluding steroid dienone is 5. The third kappa shape index (κ3) is 4.75. The fourth-order valence-corrected chi connectivity index (χ4v) is 3.58. The highest BCUT2D eigenvalue weighted by Gasteiger charge is 2.29. The maximum absolute atomic E-state index is 13.6. The number of carbonyl (C=O) groups excluding carboxylic acids is 1. The van der Waals surface area contributed by atoms with Gasteiger partial charge in [-0.2, -0.15) is 0 Å². The molecule has 2 heteroatoms. The Balaban J connectivity index is 2.31. The average molecular weight is 374 g/mol. The number of aldehydes is 1. The van der Waals surface area contributed by atoms with Crippen LogP contribution in [0, 0.1) is 18.7 Å². The quantitative estimate of drug-likeness (QED) is 0.281. The first kappa shape index (κ1) is 20.0. The average Bonchev–Trinajstić information content (AvgIpc) is 3.54. The van der Waals surface area contributed by atoms with E-state index in [0.29, 0.717) is 5.92 Å². The Labute approximate surface area is 167 Å². The van der Waals surface area contributed by atoms with E-state index < -0.39 is 0 Å². The van der Waals surface area contributed by atoms with Gasteiger partial charge in [-0.05, 0) is 83.7 Å². The zero-order chi connectivity index (χ0) is 19.9. The maximum atomic E-state index is 13.6. The minimum Gasteiger partial charge on any atom is -0.299 e. The lowest BCUT2D eigenvalue weighted by molar-refractivity contribution is -0.104. The highest BCUT2D eigenvalue weighted by Crippen LogP contribution is 2.44. The number of hydrogen-bond donors (Lipinski definition) is 0. The molecule has 28 heavy (non-hydrogen) atoms. The summed E-state index contributed by atoms with van der Waals surface area (Å²) in [6.45, 7) is 4.26. The molecule has 0 spiro atoms. The molecule has 0 heterocycles. The topological polar surface area (TPSA) is 17.1 Å². The second-order valence-electron chi connectivity index (χ2n) is 7.33. The SMILES string of the molecule is CCCC=C(C(C=CC=O)=C(c1ccc(F)cc1)c1ccccc1C)C1CC1. The molecular weight excluding hydrogens is 347 g/mol. The first-order valence-electron chi connectivity index (χ1n) is 10.0. The number of carbonyl (C=O) groups is 1. The predicted octanol–water partition coefficient (Wildman–Crippen LogP) is 6.83. The van der Waals surface area contributed by atoms with Crippen molar-refractivity contribution in [3.8, 4) is 0 Å². The Bertz CT molecular complexity index is 912. The monoisotopic (exact) mass is 374 g/mol. The summed E-state index contributed by atoms with van der Waals surface area (Å²) in [5.41, 5.74) is 6.67. The van der Waals surface area contributed by atoms with Crippen LogP contribution in [-0.4, -0.2) is 6.29 Å². The molecule has 1 nitrogen and oxygen atoms in total. The third-order valence-corrected chi connectivity index (χ3v) is 5.14. The second-order valence-corrected chi connectivity index (χ2v) is 7.33. The standard InChI is InChI=1S/C26H27FO/c1-3-4-9-24(20-12-13-20)25(11-7-18-28)26(21-14-16-22(27)17-15-21)23-10-6-5-8-19(23)2/h5-11,14-18,20H,3-4,12-13H2,1-2H3. The summed E-state index contributed by atoms with van der Waals surface area (Å²) < 4.78 is 13.6. The highest BCUT2D eigenvalue weighted by molar-refractivity contribution is 5.88. The zero-order valence-electron chi connectivity index (χ0n) is 16.6. The summed E-state index contributed by atoms with van der Waals surface area (Å²) in [6, 6.07) is 14.9. The summed E-state index contributed by atoms with van der Waals surface area (Å²) in [7, 11) is 0. The van der Waals surface area contributed by atoms with Crippen molar-refractivity contribution in [1.82, 2.24) is 0 Å². The van der Waals surface area contributed by atoms with E-state index in [1.807, 2.05) is 30.3 Å². The number of halogens is 1. The maximum Gasteiger partial charge on any atom is 0.142 e. The Morgan fingerprint density at radius 2 is 1.82 bits per heavy atom. The molecule has 1 fully saturated rings. The Morgan fingerprint density at radius 3 is 2.43 bits per heavy atom. The van der Waals surface area contributed by atoms with Gasteiger partial charge in [-0.25, -0.2) is 4.39 Å². The number of hydrogen-bond acceptors (Lipinski definition) is 1. The molecule has 2 aromatic carbocycles. The molecule has 0 amide bonds. The van der Waals surface area contributed by atoms with Crippen LogP contribution in [0.1, 0.15) is 49.3 Å². The summed E-state index contributed by atoms with van der Waals surface area (Å²) in [4.78, 5) is 11.2. The van der Waals surface area contributed by atoms with E-state index in [9.17, 15) is 9.18 Å². The molecule has 0 bridgehead atoms. The largest absolute Gasteiger partial charge is 0.299 e. The van der Waals surface area contributed by atoms with Gasteiger partial charge in [0.25, 0.3) is 0 Å². The van der Waals surface area contributed by atoms with Gasteiger partial charge in [0, 0.05) is 0 Å². The molecule has 1 aliphatic carbocycles. The van der Waals surface area contributed by atoms with Crippen LogP contribution in [0.4, 0.5) is 4.39 Å². The number of benzene rings is 2. The van der Waals surface area contributed by atoms with Crippen LogP contribution in [0.2, 0.25) is 0 Å². The minimum absolute atomic E-state index is 0.248. The molecule has 1 aliphatic rings. The molecule has 0 radical (unpaired) electrons. The normalized spacial score (nSPS) is 15.6. The molecule has 0 atom stereocenters. The molecule has 3 rings (SSSR count). The minimum atomic E-state index is -0.248. The van der Waals surface area contributed by atoms with Crippen LogP contribution in [0.25, 0.3) is 5.57 Å². The first-order valence-corrected chi connectivity index (χ1v) is 10.0. The van der Waals surface area contributed by atoms with Gasteiger partial charge < -0.3 is 0 Å². The molecule has 0 N–H and O–H groups in total. The molecule has 0 aromatic heterocycles. The molecular formula is C26H27FO. The van der Waals surface area contributed by atoms with Gasteiger partial charge in [0.1, 0.15) is 12.1 Å². The van der Waals surface area contributed by atoms with Crippen molar-refractivity contribution in [2.45, 2.75) is 39.5 Å². The van der Waals surface area contributed by atoms with Crippen LogP contribution in [0.15, 0.2) is 77.9 Å². The van der Waals surface area contributed by atoms with Gasteiger partial charge in [0.2, 0.25) is 0 Å². The van der Waals surface area contributed by atoms with Gasteiger partial charge in [-0.3, -0.25) is 4.79 Å². The Morgan fingerprint density at radius 1 is 1.11 bits per heavy atom. The predicted molar refractivity (Wildman–Crippen MR) is 115 cm³/mol. The van der Waals surface area contributed by atoms with E-state index in [1.165, 1.54) is 30.5 Å². The summed E-state index contributed by atoms with van der Waals surface area (Å²) in [5.74, 6) is 0.291. The fraction of sp³-hybridized carbons (Fsp3) is 0.269. The van der Waals surface area contributed by atoms with Crippen molar-refractivity contribution in [1.29, 1.82) is 0 Å². The van der Waals surface area contributed by atoms with Crippen LogP contribution >= 0.6 is 0 Å². The van der Waals surface area contributed by atoms with Gasteiger partial charge in [0.05, 0.1) is 0 Å². The molecule has 0 saturated heterocycles. The van der Waals surface area contributed by atoms with E-state index in [-0.39, 0.29) is 5.82 Å². The lowest BCUT2D eigenvalue weighted by Crippen LogP contribution is -2.01. The van der Waals surface area contributed by atoms with Gasteiger partial charge in [-0.15, -0.1) is 0 Å². The van der Waals surface area contributed by atoms with Crippen molar-refractivity contribution in [3.05, 3.63) is 100 Å².